The molecular weight excluding hydrogens is 218 g/mol. The molecule has 0 bridgehead atoms. The van der Waals surface area contributed by atoms with Crippen LogP contribution in [0.5, 0.6) is 0 Å². The summed E-state index contributed by atoms with van der Waals surface area (Å²) >= 11 is 0. The van der Waals surface area contributed by atoms with Gasteiger partial charge in [-0.25, -0.2) is 0 Å². The molecule has 5 nitrogen and oxygen atoms in total. The number of pyridine rings is 1. The fourth-order valence-corrected chi connectivity index (χ4v) is 1.88. The molecule has 1 aliphatic heterocycles. The molecule has 1 saturated heterocycles. The molecule has 2 amide bonds. The predicted molar refractivity (Wildman–Crippen MR) is 62.7 cm³/mol. The number of rotatable bonds is 2. The average molecular weight is 233 g/mol. The molecule has 2 N–H and O–H groups in total. The zero-order chi connectivity index (χ0) is 12.3. The monoisotopic (exact) mass is 233 g/mol. The van der Waals surface area contributed by atoms with Gasteiger partial charge in [0.1, 0.15) is 0 Å². The van der Waals surface area contributed by atoms with Crippen LogP contribution >= 0.6 is 0 Å². The van der Waals surface area contributed by atoms with Gasteiger partial charge in [-0.2, -0.15) is 0 Å². The lowest BCUT2D eigenvalue weighted by Gasteiger charge is -2.18. The van der Waals surface area contributed by atoms with Crippen molar-refractivity contribution in [3.63, 3.8) is 0 Å². The molecule has 0 spiro atoms. The van der Waals surface area contributed by atoms with Crippen molar-refractivity contribution in [3.05, 3.63) is 24.0 Å². The second kappa shape index (κ2) is 4.95. The third kappa shape index (κ3) is 2.81. The zero-order valence-electron chi connectivity index (χ0n) is 9.56. The van der Waals surface area contributed by atoms with Gasteiger partial charge in [-0.3, -0.25) is 19.5 Å². The fourth-order valence-electron chi connectivity index (χ4n) is 1.88. The number of carbonyl (C=O) groups excluding carboxylic acids is 2. The summed E-state index contributed by atoms with van der Waals surface area (Å²) in [4.78, 5) is 28.9. The summed E-state index contributed by atoms with van der Waals surface area (Å²) in [7, 11) is 0. The number of hydrogen-bond donors (Lipinski definition) is 1. The minimum absolute atomic E-state index is 0.114. The van der Waals surface area contributed by atoms with Gasteiger partial charge >= 0.3 is 0 Å². The van der Waals surface area contributed by atoms with E-state index >= 15 is 0 Å². The highest BCUT2D eigenvalue weighted by atomic mass is 16.2. The maximum Gasteiger partial charge on any atom is 0.229 e. The van der Waals surface area contributed by atoms with Gasteiger partial charge in [0.15, 0.2) is 0 Å². The number of anilines is 1. The van der Waals surface area contributed by atoms with Gasteiger partial charge in [-0.15, -0.1) is 0 Å². The number of amides is 2. The van der Waals surface area contributed by atoms with E-state index in [2.05, 4.69) is 4.98 Å². The number of hydrogen-bond acceptors (Lipinski definition) is 4. The van der Waals surface area contributed by atoms with E-state index in [-0.39, 0.29) is 18.4 Å². The van der Waals surface area contributed by atoms with E-state index in [0.717, 1.165) is 12.8 Å². The van der Waals surface area contributed by atoms with Gasteiger partial charge < -0.3 is 5.73 Å². The van der Waals surface area contributed by atoms with Crippen LogP contribution in [0, 0.1) is 0 Å². The summed E-state index contributed by atoms with van der Waals surface area (Å²) in [5.74, 6) is -0.228. The lowest BCUT2D eigenvalue weighted by Crippen LogP contribution is -2.34. The number of nitrogens with zero attached hydrogens (tertiary/aromatic N) is 2. The minimum atomic E-state index is -0.114. The Kier molecular flexibility index (Phi) is 3.37. The highest BCUT2D eigenvalue weighted by Crippen LogP contribution is 2.15. The molecule has 17 heavy (non-hydrogen) atoms. The third-order valence-electron chi connectivity index (χ3n) is 2.79. The number of nitrogen functional groups attached to an aromatic ring is 1. The Labute approximate surface area is 99.6 Å². The lowest BCUT2D eigenvalue weighted by atomic mass is 10.2. The Morgan fingerprint density at radius 1 is 1.24 bits per heavy atom. The number of nitrogens with two attached hydrogens (primary N) is 1. The van der Waals surface area contributed by atoms with E-state index in [1.54, 1.807) is 18.3 Å². The molecular formula is C12H15N3O2. The van der Waals surface area contributed by atoms with Crippen molar-refractivity contribution in [2.75, 3.05) is 5.73 Å². The summed E-state index contributed by atoms with van der Waals surface area (Å²) in [6, 6.07) is 3.36. The average Bonchev–Trinajstić information content (AvgIpc) is 2.44. The summed E-state index contributed by atoms with van der Waals surface area (Å²) in [5, 5.41) is 0. The van der Waals surface area contributed by atoms with E-state index in [1.807, 2.05) is 0 Å². The molecule has 1 aliphatic rings. The fraction of sp³-hybridized carbons (Fsp3) is 0.417. The van der Waals surface area contributed by atoms with Crippen LogP contribution in [0.25, 0.3) is 0 Å². The molecule has 5 heteroatoms. The summed E-state index contributed by atoms with van der Waals surface area (Å²) in [6.45, 7) is 0.225. The zero-order valence-corrected chi connectivity index (χ0v) is 9.56. The smallest absolute Gasteiger partial charge is 0.229 e. The third-order valence-corrected chi connectivity index (χ3v) is 2.79. The SMILES string of the molecule is Nc1ccnc(CN2C(=O)CCCCC2=O)c1. The Morgan fingerprint density at radius 3 is 2.47 bits per heavy atom. The van der Waals surface area contributed by atoms with Gasteiger partial charge in [0.2, 0.25) is 11.8 Å². The van der Waals surface area contributed by atoms with Gasteiger partial charge in [0.05, 0.1) is 12.2 Å². The second-order valence-corrected chi connectivity index (χ2v) is 4.16. The van der Waals surface area contributed by atoms with Crippen LogP contribution in [0.1, 0.15) is 31.4 Å². The first kappa shape index (κ1) is 11.6. The molecule has 1 aromatic rings. The quantitative estimate of drug-likeness (QED) is 0.776. The van der Waals surface area contributed by atoms with Gasteiger partial charge in [0, 0.05) is 24.7 Å². The van der Waals surface area contributed by atoms with E-state index in [4.69, 9.17) is 5.73 Å². The van der Waals surface area contributed by atoms with Gasteiger partial charge in [-0.05, 0) is 25.0 Å². The van der Waals surface area contributed by atoms with Crippen molar-refractivity contribution in [2.45, 2.75) is 32.2 Å². The first-order valence-electron chi connectivity index (χ1n) is 5.70. The van der Waals surface area contributed by atoms with Crippen molar-refractivity contribution >= 4 is 17.5 Å². The topological polar surface area (TPSA) is 76.3 Å². The van der Waals surface area contributed by atoms with Crippen molar-refractivity contribution in [1.82, 2.24) is 9.88 Å². The normalized spacial score (nSPS) is 17.1. The van der Waals surface area contributed by atoms with Crippen molar-refractivity contribution < 1.29 is 9.59 Å². The molecule has 0 aliphatic carbocycles. The number of carbonyl (C=O) groups is 2. The Morgan fingerprint density at radius 2 is 1.88 bits per heavy atom. The molecule has 1 fully saturated rings. The molecule has 0 radical (unpaired) electrons. The van der Waals surface area contributed by atoms with Crippen LogP contribution in [0.4, 0.5) is 5.69 Å². The highest BCUT2D eigenvalue weighted by Gasteiger charge is 2.24. The van der Waals surface area contributed by atoms with Crippen LogP contribution < -0.4 is 5.73 Å². The van der Waals surface area contributed by atoms with Crippen LogP contribution in [-0.2, 0) is 16.1 Å². The Bertz CT molecular complexity index is 427. The van der Waals surface area contributed by atoms with E-state index in [9.17, 15) is 9.59 Å². The predicted octanol–water partition coefficient (Wildman–Crippen LogP) is 1.09. The molecule has 2 rings (SSSR count). The van der Waals surface area contributed by atoms with Crippen LogP contribution in [0.15, 0.2) is 18.3 Å². The van der Waals surface area contributed by atoms with Crippen LogP contribution in [-0.4, -0.2) is 21.7 Å². The number of imide groups is 1. The van der Waals surface area contributed by atoms with E-state index in [0.29, 0.717) is 24.2 Å². The first-order chi connectivity index (χ1) is 8.16. The Hall–Kier alpha value is -1.91. The Balaban J connectivity index is 2.15. The molecule has 0 saturated carbocycles. The van der Waals surface area contributed by atoms with Crippen molar-refractivity contribution in [3.8, 4) is 0 Å². The summed E-state index contributed by atoms with van der Waals surface area (Å²) in [6.07, 6.45) is 4.02. The first-order valence-corrected chi connectivity index (χ1v) is 5.70. The standard InChI is InChI=1S/C12H15N3O2/c13-9-5-6-14-10(7-9)8-15-11(16)3-1-2-4-12(15)17/h5-7H,1-4,8H2,(H2,13,14). The largest absolute Gasteiger partial charge is 0.399 e. The number of likely N-dealkylation sites (tertiary alicyclic amines) is 1. The maximum absolute atomic E-state index is 11.8. The van der Waals surface area contributed by atoms with E-state index < -0.39 is 0 Å². The maximum atomic E-state index is 11.8. The van der Waals surface area contributed by atoms with Gasteiger partial charge in [-0.1, -0.05) is 0 Å². The lowest BCUT2D eigenvalue weighted by molar-refractivity contribution is -0.144. The minimum Gasteiger partial charge on any atom is -0.399 e. The van der Waals surface area contributed by atoms with Crippen molar-refractivity contribution in [1.29, 1.82) is 0 Å². The molecule has 0 atom stereocenters. The molecule has 90 valence electrons. The summed E-state index contributed by atoms with van der Waals surface area (Å²) in [5.41, 5.74) is 6.87. The van der Waals surface area contributed by atoms with Crippen molar-refractivity contribution in [2.24, 2.45) is 0 Å². The van der Waals surface area contributed by atoms with Crippen LogP contribution in [0.3, 0.4) is 0 Å². The molecule has 2 heterocycles. The molecule has 1 aromatic heterocycles. The molecule has 0 unspecified atom stereocenters. The van der Waals surface area contributed by atoms with Crippen LogP contribution in [0.2, 0.25) is 0 Å². The second-order valence-electron chi connectivity index (χ2n) is 4.16. The highest BCUT2D eigenvalue weighted by molar-refractivity contribution is 5.95. The number of aromatic nitrogens is 1. The van der Waals surface area contributed by atoms with E-state index in [1.165, 1.54) is 4.90 Å². The summed E-state index contributed by atoms with van der Waals surface area (Å²) < 4.78 is 0. The molecule has 0 aromatic carbocycles. The van der Waals surface area contributed by atoms with Gasteiger partial charge in [0.25, 0.3) is 0 Å².